The van der Waals surface area contributed by atoms with Gasteiger partial charge in [-0.2, -0.15) is 4.98 Å². The van der Waals surface area contributed by atoms with Crippen molar-refractivity contribution in [3.8, 4) is 11.1 Å². The van der Waals surface area contributed by atoms with Crippen LogP contribution in [0.15, 0.2) is 47.5 Å². The number of aromatic nitrogens is 4. The van der Waals surface area contributed by atoms with Crippen LogP contribution in [0.2, 0.25) is 10.0 Å². The fraction of sp³-hybridized carbons (Fsp3) is 0.357. The fourth-order valence-electron chi connectivity index (χ4n) is 4.79. The number of pyridine rings is 1. The number of aliphatic hydroxyl groups is 2. The molecule has 1 amide bonds. The van der Waals surface area contributed by atoms with Crippen molar-refractivity contribution < 1.29 is 19.8 Å². The minimum Gasteiger partial charge on any atom is -0.389 e. The molecule has 12 nitrogen and oxygen atoms in total. The quantitative estimate of drug-likeness (QED) is 0.198. The topological polar surface area (TPSA) is 147 Å². The number of rotatable bonds is 10. The predicted octanol–water partition coefficient (Wildman–Crippen LogP) is 2.80. The first kappa shape index (κ1) is 29.8. The minimum atomic E-state index is -2.12. The molecule has 42 heavy (non-hydrogen) atoms. The van der Waals surface area contributed by atoms with Gasteiger partial charge in [-0.05, 0) is 50.2 Å². The monoisotopic (exact) mass is 615 g/mol. The molecule has 1 fully saturated rings. The Hall–Kier alpha value is -3.68. The Kier molecular flexibility index (Phi) is 8.71. The van der Waals surface area contributed by atoms with Gasteiger partial charge in [0.1, 0.15) is 12.3 Å². The molecule has 1 aromatic carbocycles. The van der Waals surface area contributed by atoms with Gasteiger partial charge in [-0.25, -0.2) is 4.98 Å². The first-order valence-corrected chi connectivity index (χ1v) is 14.2. The number of benzene rings is 1. The Labute approximate surface area is 251 Å². The molecule has 4 heterocycles. The van der Waals surface area contributed by atoms with E-state index in [9.17, 15) is 19.8 Å². The van der Waals surface area contributed by atoms with Gasteiger partial charge in [0.05, 0.1) is 21.3 Å². The minimum absolute atomic E-state index is 0.00830. The van der Waals surface area contributed by atoms with Crippen molar-refractivity contribution >= 4 is 51.8 Å². The summed E-state index contributed by atoms with van der Waals surface area (Å²) >= 11 is 12.7. The van der Waals surface area contributed by atoms with E-state index in [0.29, 0.717) is 23.3 Å². The van der Waals surface area contributed by atoms with Crippen molar-refractivity contribution in [2.24, 2.45) is 7.05 Å². The first-order valence-electron chi connectivity index (χ1n) is 13.4. The van der Waals surface area contributed by atoms with Crippen LogP contribution in [-0.2, 0) is 7.05 Å². The molecule has 1 saturated heterocycles. The number of carbonyl (C=O) groups is 1. The van der Waals surface area contributed by atoms with Crippen molar-refractivity contribution in [3.05, 3.63) is 68.8 Å². The number of nitrogens with zero attached hydrogens (tertiary/aromatic N) is 5. The molecule has 0 bridgehead atoms. The van der Waals surface area contributed by atoms with Crippen LogP contribution in [0.4, 0.5) is 11.6 Å². The first-order chi connectivity index (χ1) is 20.1. The summed E-state index contributed by atoms with van der Waals surface area (Å²) in [7, 11) is 1.76. The lowest BCUT2D eigenvalue weighted by atomic mass is 10.1. The number of fused-ring (bicyclic) bond motifs is 1. The van der Waals surface area contributed by atoms with Crippen LogP contribution in [0.5, 0.6) is 0 Å². The van der Waals surface area contributed by atoms with E-state index in [1.54, 1.807) is 42.1 Å². The maximum Gasteiger partial charge on any atom is 0.293 e. The Morgan fingerprint density at radius 1 is 1.19 bits per heavy atom. The summed E-state index contributed by atoms with van der Waals surface area (Å²) in [5.74, 6) is -2.23. The largest absolute Gasteiger partial charge is 0.389 e. The third kappa shape index (κ3) is 6.37. The molecular weight excluding hydrogens is 585 g/mol. The zero-order valence-corrected chi connectivity index (χ0v) is 24.6. The number of hydrogen-bond donors (Lipinski definition) is 4. The van der Waals surface area contributed by atoms with Gasteiger partial charge in [-0.1, -0.05) is 29.3 Å². The number of likely N-dealkylation sites (tertiary alicyclic amines) is 1. The predicted molar refractivity (Wildman–Crippen MR) is 160 cm³/mol. The molecule has 0 aliphatic carbocycles. The maximum absolute atomic E-state index is 13.6. The Balaban J connectivity index is 1.45. The molecule has 4 N–H and O–H groups in total. The lowest BCUT2D eigenvalue weighted by Gasteiger charge is -2.24. The number of nitrogens with one attached hydrogen (secondary N) is 2. The smallest absolute Gasteiger partial charge is 0.293 e. The Morgan fingerprint density at radius 3 is 2.60 bits per heavy atom. The van der Waals surface area contributed by atoms with Crippen molar-refractivity contribution in [2.75, 3.05) is 38.1 Å². The Bertz CT molecular complexity index is 1660. The summed E-state index contributed by atoms with van der Waals surface area (Å²) in [5.41, 5.74) is 0.627. The van der Waals surface area contributed by atoms with Gasteiger partial charge in [-0.15, -0.1) is 4.73 Å². The van der Waals surface area contributed by atoms with Gasteiger partial charge < -0.3 is 35.2 Å². The second-order valence-electron chi connectivity index (χ2n) is 10.3. The number of aryl methyl sites for hydroxylation is 1. The fourth-order valence-corrected chi connectivity index (χ4v) is 5.39. The molecule has 4 aromatic rings. The number of aliphatic hydroxyl groups excluding tert-OH is 1. The average molecular weight is 617 g/mol. The summed E-state index contributed by atoms with van der Waals surface area (Å²) in [6.45, 7) is 3.88. The molecule has 222 valence electrons. The highest BCUT2D eigenvalue weighted by atomic mass is 35.5. The van der Waals surface area contributed by atoms with Crippen LogP contribution in [0.1, 0.15) is 30.3 Å². The molecule has 14 heteroatoms. The molecule has 0 spiro atoms. The lowest BCUT2D eigenvalue weighted by molar-refractivity contribution is -0.211. The molecule has 0 saturated carbocycles. The zero-order chi connectivity index (χ0) is 30.0. The van der Waals surface area contributed by atoms with E-state index in [1.807, 2.05) is 0 Å². The number of anilines is 2. The molecule has 3 aromatic heterocycles. The van der Waals surface area contributed by atoms with Gasteiger partial charge in [0, 0.05) is 50.4 Å². The molecule has 1 atom stereocenters. The normalized spacial score (nSPS) is 15.1. The number of halogens is 2. The zero-order valence-electron chi connectivity index (χ0n) is 23.1. The van der Waals surface area contributed by atoms with Crippen LogP contribution in [0.25, 0.3) is 22.2 Å². The van der Waals surface area contributed by atoms with E-state index in [0.717, 1.165) is 24.4 Å². The lowest BCUT2D eigenvalue weighted by Crippen LogP contribution is -2.45. The third-order valence-electron chi connectivity index (χ3n) is 6.92. The van der Waals surface area contributed by atoms with Crippen LogP contribution in [-0.4, -0.2) is 78.9 Å². The van der Waals surface area contributed by atoms with E-state index in [4.69, 9.17) is 28.0 Å². The summed E-state index contributed by atoms with van der Waals surface area (Å²) in [4.78, 5) is 43.1. The SMILES string of the molecule is Cn1cc(Nc2ncc3cc(-c4c(Cl)cccc4Cl)c(=O)n(O[C@](C)(O)CO)c3n2)cc1C(=O)NCCN1CCCC1. The average Bonchev–Trinajstić information content (AvgIpc) is 3.60. The van der Waals surface area contributed by atoms with E-state index in [-0.39, 0.29) is 38.7 Å². The summed E-state index contributed by atoms with van der Waals surface area (Å²) in [6, 6.07) is 8.02. The molecule has 1 aliphatic rings. The van der Waals surface area contributed by atoms with Crippen molar-refractivity contribution in [1.29, 1.82) is 0 Å². The van der Waals surface area contributed by atoms with E-state index in [2.05, 4.69) is 25.5 Å². The van der Waals surface area contributed by atoms with Gasteiger partial charge in [-0.3, -0.25) is 9.59 Å². The van der Waals surface area contributed by atoms with Gasteiger partial charge >= 0.3 is 0 Å². The molecule has 1 aliphatic heterocycles. The summed E-state index contributed by atoms with van der Waals surface area (Å²) < 4.78 is 2.46. The molecular formula is C28H31Cl2N7O5. The van der Waals surface area contributed by atoms with Crippen LogP contribution < -0.4 is 21.0 Å². The number of carbonyl (C=O) groups excluding carboxylic acids is 1. The second kappa shape index (κ2) is 12.3. The second-order valence-corrected chi connectivity index (χ2v) is 11.1. The maximum atomic E-state index is 13.6. The molecule has 5 rings (SSSR count). The standard InChI is InChI=1S/C28H31Cl2N7O5/c1-28(41,16-38)42-37-24-17(12-19(26(37)40)23-20(29)6-5-7-21(23)30)14-32-27(34-24)33-18-13-22(35(2)15-18)25(39)31-8-11-36-9-3-4-10-36/h5-7,12-15,38,41H,3-4,8-11,16H2,1-2H3,(H,31,39)(H,32,33,34)/t28-/m0/s1. The number of hydrogen-bond acceptors (Lipinski definition) is 9. The van der Waals surface area contributed by atoms with E-state index >= 15 is 0 Å². The summed E-state index contributed by atoms with van der Waals surface area (Å²) in [5, 5.41) is 26.9. The van der Waals surface area contributed by atoms with Crippen LogP contribution >= 0.6 is 23.2 Å². The third-order valence-corrected chi connectivity index (χ3v) is 7.55. The molecule has 0 unspecified atom stereocenters. The highest BCUT2D eigenvalue weighted by Gasteiger charge is 2.26. The van der Waals surface area contributed by atoms with E-state index < -0.39 is 18.0 Å². The van der Waals surface area contributed by atoms with Crippen LogP contribution in [0.3, 0.4) is 0 Å². The Morgan fingerprint density at radius 2 is 1.90 bits per heavy atom. The van der Waals surface area contributed by atoms with Gasteiger partial charge in [0.15, 0.2) is 5.65 Å². The molecule has 0 radical (unpaired) electrons. The number of amides is 1. The highest BCUT2D eigenvalue weighted by molar-refractivity contribution is 6.39. The van der Waals surface area contributed by atoms with Crippen LogP contribution in [0, 0.1) is 0 Å². The van der Waals surface area contributed by atoms with Crippen molar-refractivity contribution in [1.82, 2.24) is 29.5 Å². The van der Waals surface area contributed by atoms with E-state index in [1.165, 1.54) is 32.0 Å². The summed E-state index contributed by atoms with van der Waals surface area (Å²) in [6.07, 6.45) is 5.56. The van der Waals surface area contributed by atoms with Gasteiger partial charge in [0.25, 0.3) is 17.3 Å². The van der Waals surface area contributed by atoms with Crippen molar-refractivity contribution in [2.45, 2.75) is 25.6 Å². The van der Waals surface area contributed by atoms with Gasteiger partial charge in [0.2, 0.25) is 5.95 Å². The highest BCUT2D eigenvalue weighted by Crippen LogP contribution is 2.34. The van der Waals surface area contributed by atoms with Crippen molar-refractivity contribution in [3.63, 3.8) is 0 Å².